The van der Waals surface area contributed by atoms with Crippen LogP contribution in [0.1, 0.15) is 0 Å². The number of carbonyl (C=O) groups is 1. The predicted molar refractivity (Wildman–Crippen MR) is 71.9 cm³/mol. The zero-order valence-electron chi connectivity index (χ0n) is 10.6. The Kier molecular flexibility index (Phi) is 4.28. The second kappa shape index (κ2) is 6.13. The zero-order valence-corrected chi connectivity index (χ0v) is 10.6. The summed E-state index contributed by atoms with van der Waals surface area (Å²) in [7, 11) is 1.39. The van der Waals surface area contributed by atoms with Gasteiger partial charge >= 0.3 is 5.97 Å². The predicted octanol–water partition coefficient (Wildman–Crippen LogP) is 2.58. The normalized spacial score (nSPS) is 10.5. The number of hydrogen-bond donors (Lipinski definition) is 1. The zero-order chi connectivity index (χ0) is 13.7. The van der Waals surface area contributed by atoms with Gasteiger partial charge in [-0.3, -0.25) is 4.79 Å². The molecular formula is C15H15NO3. The van der Waals surface area contributed by atoms with Crippen molar-refractivity contribution in [2.75, 3.05) is 13.6 Å². The molecule has 0 atom stereocenters. The second-order valence-electron chi connectivity index (χ2n) is 4.15. The highest BCUT2D eigenvalue weighted by Gasteiger charge is 2.11. The molecule has 19 heavy (non-hydrogen) atoms. The first kappa shape index (κ1) is 13.3. The van der Waals surface area contributed by atoms with Gasteiger partial charge in [-0.05, 0) is 11.6 Å². The molecule has 0 saturated heterocycles. The molecule has 0 aliphatic heterocycles. The second-order valence-corrected chi connectivity index (χ2v) is 4.15. The van der Waals surface area contributed by atoms with E-state index in [1.807, 2.05) is 42.5 Å². The molecule has 4 heteroatoms. The van der Waals surface area contributed by atoms with Gasteiger partial charge in [0.25, 0.3) is 0 Å². The average molecular weight is 257 g/mol. The summed E-state index contributed by atoms with van der Waals surface area (Å²) in [5, 5.41) is 9.80. The van der Waals surface area contributed by atoms with E-state index in [4.69, 9.17) is 9.94 Å². The van der Waals surface area contributed by atoms with E-state index in [0.717, 1.165) is 16.2 Å². The van der Waals surface area contributed by atoms with Gasteiger partial charge < -0.3 is 9.94 Å². The molecule has 0 saturated carbocycles. The minimum atomic E-state index is -0.506. The van der Waals surface area contributed by atoms with Crippen LogP contribution >= 0.6 is 0 Å². The standard InChI is InChI=1S/C15H15NO3/c1-16(18)11-15(17)19-14-10-6-5-9-13(14)12-7-3-2-4-8-12/h2-10,18H,11H2,1H3. The van der Waals surface area contributed by atoms with E-state index in [1.165, 1.54) is 7.05 Å². The smallest absolute Gasteiger partial charge is 0.327 e. The molecule has 2 rings (SSSR count). The number of ether oxygens (including phenoxy) is 1. The van der Waals surface area contributed by atoms with E-state index >= 15 is 0 Å². The maximum Gasteiger partial charge on any atom is 0.327 e. The highest BCUT2D eigenvalue weighted by Crippen LogP contribution is 2.29. The van der Waals surface area contributed by atoms with E-state index in [1.54, 1.807) is 12.1 Å². The highest BCUT2D eigenvalue weighted by atomic mass is 16.5. The summed E-state index contributed by atoms with van der Waals surface area (Å²) < 4.78 is 5.27. The number of hydrogen-bond acceptors (Lipinski definition) is 4. The molecule has 0 bridgehead atoms. The highest BCUT2D eigenvalue weighted by molar-refractivity contribution is 5.79. The van der Waals surface area contributed by atoms with Crippen molar-refractivity contribution in [2.24, 2.45) is 0 Å². The maximum absolute atomic E-state index is 11.6. The van der Waals surface area contributed by atoms with Gasteiger partial charge in [0.2, 0.25) is 0 Å². The molecule has 2 aromatic rings. The van der Waals surface area contributed by atoms with E-state index < -0.39 is 5.97 Å². The molecule has 4 nitrogen and oxygen atoms in total. The lowest BCUT2D eigenvalue weighted by Crippen LogP contribution is -2.26. The first-order valence-corrected chi connectivity index (χ1v) is 5.92. The molecule has 0 aromatic heterocycles. The summed E-state index contributed by atoms with van der Waals surface area (Å²) in [6.45, 7) is -0.177. The topological polar surface area (TPSA) is 49.8 Å². The Morgan fingerprint density at radius 2 is 1.74 bits per heavy atom. The third-order valence-electron chi connectivity index (χ3n) is 2.55. The molecule has 0 amide bonds. The number of rotatable bonds is 4. The van der Waals surface area contributed by atoms with Crippen molar-refractivity contribution in [3.05, 3.63) is 54.6 Å². The van der Waals surface area contributed by atoms with Gasteiger partial charge in [-0.15, -0.1) is 0 Å². The fourth-order valence-corrected chi connectivity index (χ4v) is 1.75. The summed E-state index contributed by atoms with van der Waals surface area (Å²) >= 11 is 0. The summed E-state index contributed by atoms with van der Waals surface area (Å²) in [6.07, 6.45) is 0. The van der Waals surface area contributed by atoms with Gasteiger partial charge in [0, 0.05) is 12.6 Å². The lowest BCUT2D eigenvalue weighted by Gasteiger charge is -2.11. The fraction of sp³-hybridized carbons (Fsp3) is 0.133. The molecule has 0 spiro atoms. The van der Waals surface area contributed by atoms with Crippen LogP contribution in [0.15, 0.2) is 54.6 Å². The lowest BCUT2D eigenvalue weighted by molar-refractivity contribution is -0.146. The van der Waals surface area contributed by atoms with Crippen LogP contribution in [-0.2, 0) is 4.79 Å². The Balaban J connectivity index is 2.25. The summed E-state index contributed by atoms with van der Waals surface area (Å²) in [5.74, 6) is -0.0195. The van der Waals surface area contributed by atoms with Crippen molar-refractivity contribution in [1.29, 1.82) is 0 Å². The molecular weight excluding hydrogens is 242 g/mol. The maximum atomic E-state index is 11.6. The summed E-state index contributed by atoms with van der Waals surface area (Å²) in [5.41, 5.74) is 1.82. The van der Waals surface area contributed by atoms with E-state index in [0.29, 0.717) is 5.75 Å². The summed E-state index contributed by atoms with van der Waals surface area (Å²) in [6, 6.07) is 17.0. The van der Waals surface area contributed by atoms with Crippen LogP contribution < -0.4 is 4.74 Å². The fourth-order valence-electron chi connectivity index (χ4n) is 1.75. The van der Waals surface area contributed by atoms with Gasteiger partial charge in [0.05, 0.1) is 0 Å². The van der Waals surface area contributed by atoms with Crippen molar-refractivity contribution in [3.63, 3.8) is 0 Å². The first-order chi connectivity index (χ1) is 9.16. The van der Waals surface area contributed by atoms with Gasteiger partial charge in [-0.25, -0.2) is 0 Å². The van der Waals surface area contributed by atoms with E-state index in [9.17, 15) is 4.79 Å². The lowest BCUT2D eigenvalue weighted by atomic mass is 10.1. The number of hydroxylamine groups is 2. The van der Waals surface area contributed by atoms with Crippen LogP contribution in [0.4, 0.5) is 0 Å². The Morgan fingerprint density at radius 1 is 1.11 bits per heavy atom. The van der Waals surface area contributed by atoms with Crippen LogP contribution in [0.25, 0.3) is 11.1 Å². The number of likely N-dealkylation sites (N-methyl/N-ethyl adjacent to an activating group) is 1. The molecule has 0 heterocycles. The largest absolute Gasteiger partial charge is 0.425 e. The Labute approximate surface area is 111 Å². The molecule has 0 aliphatic rings. The minimum absolute atomic E-state index is 0.177. The van der Waals surface area contributed by atoms with Crippen molar-refractivity contribution in [2.45, 2.75) is 0 Å². The SMILES string of the molecule is CN(O)CC(=O)Oc1ccccc1-c1ccccc1. The number of para-hydroxylation sites is 1. The monoisotopic (exact) mass is 257 g/mol. The number of nitrogens with zero attached hydrogens (tertiary/aromatic N) is 1. The molecule has 2 aromatic carbocycles. The van der Waals surface area contributed by atoms with E-state index in [2.05, 4.69) is 0 Å². The van der Waals surface area contributed by atoms with Crippen LogP contribution in [0.5, 0.6) is 5.75 Å². The van der Waals surface area contributed by atoms with Crippen LogP contribution in [-0.4, -0.2) is 29.8 Å². The first-order valence-electron chi connectivity index (χ1n) is 5.92. The van der Waals surface area contributed by atoms with Gasteiger partial charge in [0.1, 0.15) is 12.3 Å². The quantitative estimate of drug-likeness (QED) is 0.519. The Hall–Kier alpha value is -2.17. The summed E-state index contributed by atoms with van der Waals surface area (Å²) in [4.78, 5) is 11.6. The van der Waals surface area contributed by atoms with Gasteiger partial charge in [0.15, 0.2) is 0 Å². The van der Waals surface area contributed by atoms with Gasteiger partial charge in [-0.2, -0.15) is 5.06 Å². The van der Waals surface area contributed by atoms with Crippen LogP contribution in [0.2, 0.25) is 0 Å². The van der Waals surface area contributed by atoms with Crippen molar-refractivity contribution in [1.82, 2.24) is 5.06 Å². The van der Waals surface area contributed by atoms with Crippen molar-refractivity contribution in [3.8, 4) is 16.9 Å². The third kappa shape index (κ3) is 3.64. The number of benzene rings is 2. The number of esters is 1. The Bertz CT molecular complexity index is 552. The number of carbonyl (C=O) groups excluding carboxylic acids is 1. The van der Waals surface area contributed by atoms with Crippen molar-refractivity contribution < 1.29 is 14.7 Å². The molecule has 0 unspecified atom stereocenters. The third-order valence-corrected chi connectivity index (χ3v) is 2.55. The Morgan fingerprint density at radius 3 is 2.42 bits per heavy atom. The van der Waals surface area contributed by atoms with E-state index in [-0.39, 0.29) is 6.54 Å². The van der Waals surface area contributed by atoms with Crippen molar-refractivity contribution >= 4 is 5.97 Å². The molecule has 0 aliphatic carbocycles. The van der Waals surface area contributed by atoms with Gasteiger partial charge in [-0.1, -0.05) is 48.5 Å². The van der Waals surface area contributed by atoms with Crippen LogP contribution in [0.3, 0.4) is 0 Å². The van der Waals surface area contributed by atoms with Crippen LogP contribution in [0, 0.1) is 0 Å². The average Bonchev–Trinajstić information content (AvgIpc) is 2.39. The molecule has 98 valence electrons. The minimum Gasteiger partial charge on any atom is -0.425 e. The molecule has 0 fully saturated rings. The molecule has 1 N–H and O–H groups in total. The molecule has 0 radical (unpaired) electrons.